The number of ether oxygens (including phenoxy) is 2. The minimum atomic E-state index is -1.04. The molecular formula is C23H32N2O4V. The van der Waals surface area contributed by atoms with Gasteiger partial charge >= 0.3 is 0 Å². The van der Waals surface area contributed by atoms with Crippen molar-refractivity contribution in [3.63, 3.8) is 0 Å². The zero-order valence-electron chi connectivity index (χ0n) is 18.7. The van der Waals surface area contributed by atoms with Gasteiger partial charge in [-0.1, -0.05) is 19.9 Å². The molecule has 6 nitrogen and oxygen atoms in total. The predicted molar refractivity (Wildman–Crippen MR) is 112 cm³/mol. The maximum atomic E-state index is 13.4. The van der Waals surface area contributed by atoms with E-state index >= 15 is 0 Å². The van der Waals surface area contributed by atoms with Crippen LogP contribution in [0.1, 0.15) is 37.8 Å². The molecule has 1 radical (unpaired) electrons. The molecular weight excluding hydrogens is 419 g/mol. The van der Waals surface area contributed by atoms with Crippen molar-refractivity contribution in [3.05, 3.63) is 35.0 Å². The predicted octanol–water partition coefficient (Wildman–Crippen LogP) is 2.13. The molecule has 2 aliphatic heterocycles. The first-order valence-electron chi connectivity index (χ1n) is 10.5. The minimum Gasteiger partial charge on any atom is -0.493 e. The van der Waals surface area contributed by atoms with Crippen molar-refractivity contribution in [1.82, 2.24) is 9.80 Å². The Balaban J connectivity index is 0.000000830. The fourth-order valence-corrected chi connectivity index (χ4v) is 6.03. The molecule has 5 rings (SSSR count). The van der Waals surface area contributed by atoms with Gasteiger partial charge in [-0.3, -0.25) is 4.79 Å². The van der Waals surface area contributed by atoms with Crippen molar-refractivity contribution in [3.8, 4) is 11.5 Å². The molecule has 1 aromatic carbocycles. The number of aliphatic hydroxyl groups is 1. The fraction of sp³-hybridized carbons (Fsp3) is 0.609. The van der Waals surface area contributed by atoms with Crippen LogP contribution in [0.25, 0.3) is 0 Å². The number of hydrogen-bond acceptors (Lipinski definition) is 6. The summed E-state index contributed by atoms with van der Waals surface area (Å²) in [4.78, 5) is 17.5. The third kappa shape index (κ3) is 2.73. The molecule has 1 saturated carbocycles. The Morgan fingerprint density at radius 2 is 2.03 bits per heavy atom. The van der Waals surface area contributed by atoms with E-state index in [4.69, 9.17) is 9.47 Å². The quantitative estimate of drug-likeness (QED) is 0.696. The Kier molecular flexibility index (Phi) is 6.11. The number of hydrogen-bond donors (Lipinski definition) is 1. The zero-order chi connectivity index (χ0) is 21.1. The summed E-state index contributed by atoms with van der Waals surface area (Å²) in [6, 6.07) is 3.96. The molecule has 163 valence electrons. The van der Waals surface area contributed by atoms with Crippen LogP contribution in [-0.2, 0) is 35.2 Å². The number of Topliss-reactive ketones (excluding diaryl/α,β-unsaturated/α-hetero) is 1. The summed E-state index contributed by atoms with van der Waals surface area (Å²) in [5.41, 5.74) is 1.09. The first-order chi connectivity index (χ1) is 13.8. The molecule has 0 amide bonds. The second-order valence-corrected chi connectivity index (χ2v) is 8.63. The van der Waals surface area contributed by atoms with Crippen LogP contribution in [0.15, 0.2) is 23.9 Å². The first-order valence-corrected chi connectivity index (χ1v) is 10.5. The topological polar surface area (TPSA) is 62.2 Å². The number of ketones is 1. The van der Waals surface area contributed by atoms with Crippen LogP contribution >= 0.6 is 0 Å². The van der Waals surface area contributed by atoms with Crippen LogP contribution in [0.4, 0.5) is 0 Å². The van der Waals surface area contributed by atoms with Gasteiger partial charge in [-0.05, 0) is 38.1 Å². The largest absolute Gasteiger partial charge is 0.493 e. The monoisotopic (exact) mass is 451 g/mol. The van der Waals surface area contributed by atoms with Crippen LogP contribution < -0.4 is 9.47 Å². The first kappa shape index (κ1) is 23.2. The number of carbonyl (C=O) groups is 1. The molecule has 2 aliphatic carbocycles. The van der Waals surface area contributed by atoms with Gasteiger partial charge in [-0.15, -0.1) is 0 Å². The third-order valence-electron chi connectivity index (χ3n) is 7.11. The summed E-state index contributed by atoms with van der Waals surface area (Å²) in [5, 5.41) is 12.2. The van der Waals surface area contributed by atoms with Crippen molar-refractivity contribution < 1.29 is 37.9 Å². The van der Waals surface area contributed by atoms with Crippen molar-refractivity contribution in [1.29, 1.82) is 0 Å². The van der Waals surface area contributed by atoms with Crippen LogP contribution in [0.2, 0.25) is 0 Å². The molecule has 7 heteroatoms. The van der Waals surface area contributed by atoms with Gasteiger partial charge < -0.3 is 24.4 Å². The van der Waals surface area contributed by atoms with Crippen LogP contribution in [0, 0.1) is 0 Å². The standard InChI is InChI=1S/C21H26N2O4.C2H6.V/c1-22(2)11-13-10-21(25)15-9-12-5-6-14(26-4)18-16(12)20(21,7-8-23(15)3)19(27-18)17(13)24;1-2;/h5-6,11,15,19,25H,7-10H2,1-4H3;1-2H3;. The Bertz CT molecular complexity index is 886. The second kappa shape index (κ2) is 7.90. The normalized spacial score (nSPS) is 34.2. The molecule has 1 spiro atoms. The van der Waals surface area contributed by atoms with E-state index in [-0.39, 0.29) is 30.4 Å². The third-order valence-corrected chi connectivity index (χ3v) is 7.11. The van der Waals surface area contributed by atoms with E-state index in [1.807, 2.05) is 45.1 Å². The number of likely N-dealkylation sites (tertiary alicyclic amines) is 1. The molecule has 2 heterocycles. The number of piperidine rings is 1. The van der Waals surface area contributed by atoms with Crippen molar-refractivity contribution in [2.75, 3.05) is 34.8 Å². The molecule has 4 aliphatic rings. The van der Waals surface area contributed by atoms with Gasteiger partial charge in [0.05, 0.1) is 18.1 Å². The average molecular weight is 451 g/mol. The number of nitrogens with zero attached hydrogens (tertiary/aromatic N) is 2. The van der Waals surface area contributed by atoms with E-state index < -0.39 is 17.1 Å². The average Bonchev–Trinajstić information content (AvgIpc) is 3.05. The number of likely N-dealkylation sites (N-methyl/N-ethyl adjacent to an activating group) is 1. The van der Waals surface area contributed by atoms with E-state index in [9.17, 15) is 9.90 Å². The zero-order valence-corrected chi connectivity index (χ0v) is 20.1. The number of carbonyl (C=O) groups excluding carboxylic acids is 1. The van der Waals surface area contributed by atoms with Crippen LogP contribution in [0.3, 0.4) is 0 Å². The Labute approximate surface area is 191 Å². The van der Waals surface area contributed by atoms with E-state index in [1.165, 1.54) is 5.56 Å². The molecule has 2 bridgehead atoms. The number of rotatable bonds is 2. The van der Waals surface area contributed by atoms with Gasteiger partial charge in [0, 0.05) is 62.5 Å². The Hall–Kier alpha value is -1.47. The smallest absolute Gasteiger partial charge is 0.201 e. The summed E-state index contributed by atoms with van der Waals surface area (Å²) in [5.74, 6) is 1.28. The summed E-state index contributed by atoms with van der Waals surface area (Å²) < 4.78 is 11.9. The van der Waals surface area contributed by atoms with Gasteiger partial charge in [-0.2, -0.15) is 0 Å². The second-order valence-electron chi connectivity index (χ2n) is 8.63. The van der Waals surface area contributed by atoms with E-state index in [0.29, 0.717) is 29.9 Å². The summed E-state index contributed by atoms with van der Waals surface area (Å²) in [7, 11) is 7.48. The molecule has 30 heavy (non-hydrogen) atoms. The van der Waals surface area contributed by atoms with Crippen LogP contribution in [0.5, 0.6) is 11.5 Å². The van der Waals surface area contributed by atoms with E-state index in [1.54, 1.807) is 7.11 Å². The van der Waals surface area contributed by atoms with Gasteiger partial charge in [0.25, 0.3) is 0 Å². The van der Waals surface area contributed by atoms with Gasteiger partial charge in [-0.25, -0.2) is 0 Å². The molecule has 1 N–H and O–H groups in total. The maximum absolute atomic E-state index is 13.4. The molecule has 4 atom stereocenters. The minimum absolute atomic E-state index is 0. The molecule has 1 saturated heterocycles. The summed E-state index contributed by atoms with van der Waals surface area (Å²) >= 11 is 0. The van der Waals surface area contributed by atoms with Gasteiger partial charge in [0.15, 0.2) is 17.6 Å². The van der Waals surface area contributed by atoms with Crippen molar-refractivity contribution in [2.24, 2.45) is 0 Å². The van der Waals surface area contributed by atoms with Crippen molar-refractivity contribution >= 4 is 5.78 Å². The summed E-state index contributed by atoms with van der Waals surface area (Å²) in [6.45, 7) is 4.84. The Morgan fingerprint density at radius 3 is 2.67 bits per heavy atom. The number of methoxy groups -OCH3 is 1. The van der Waals surface area contributed by atoms with Crippen LogP contribution in [-0.4, -0.2) is 73.2 Å². The van der Waals surface area contributed by atoms with Gasteiger partial charge in [0.1, 0.15) is 0 Å². The fourth-order valence-electron chi connectivity index (χ4n) is 6.03. The molecule has 0 aromatic heterocycles. The maximum Gasteiger partial charge on any atom is 0.201 e. The Morgan fingerprint density at radius 1 is 1.33 bits per heavy atom. The number of benzene rings is 1. The molecule has 2 fully saturated rings. The molecule has 4 unspecified atom stereocenters. The summed E-state index contributed by atoms with van der Waals surface area (Å²) in [6.07, 6.45) is 2.95. The van der Waals surface area contributed by atoms with E-state index in [2.05, 4.69) is 18.0 Å². The molecule has 1 aromatic rings. The van der Waals surface area contributed by atoms with E-state index in [0.717, 1.165) is 18.5 Å². The van der Waals surface area contributed by atoms with Gasteiger partial charge in [0.2, 0.25) is 5.78 Å². The van der Waals surface area contributed by atoms with Crippen molar-refractivity contribution in [2.45, 2.75) is 56.3 Å². The SMILES string of the molecule is CC.COc1ccc2c3c1OC1C(=O)C(=CN(C)C)CC4(O)C(C2)N(C)CCC314.[V].